The Hall–Kier alpha value is -2.96. The molecule has 136 valence electrons. The first kappa shape index (κ1) is 17.5. The maximum absolute atomic E-state index is 6.26. The minimum Gasteiger partial charge on any atom is -0.437 e. The molecule has 4 rings (SSSR count). The number of aromatic nitrogens is 2. The Bertz CT molecular complexity index is 1080. The van der Waals surface area contributed by atoms with Crippen molar-refractivity contribution < 1.29 is 4.74 Å². The van der Waals surface area contributed by atoms with Crippen molar-refractivity contribution in [3.63, 3.8) is 0 Å². The van der Waals surface area contributed by atoms with Gasteiger partial charge in [0.2, 0.25) is 5.88 Å². The lowest BCUT2D eigenvalue weighted by molar-refractivity contribution is 0.344. The van der Waals surface area contributed by atoms with Crippen molar-refractivity contribution in [2.45, 2.75) is 13.2 Å². The molecule has 7 heteroatoms. The van der Waals surface area contributed by atoms with E-state index in [9.17, 15) is 0 Å². The van der Waals surface area contributed by atoms with Crippen LogP contribution in [0.2, 0.25) is 5.15 Å². The van der Waals surface area contributed by atoms with Crippen molar-refractivity contribution in [3.8, 4) is 11.6 Å². The summed E-state index contributed by atoms with van der Waals surface area (Å²) >= 11 is 6.24. The lowest BCUT2D eigenvalue weighted by Gasteiger charge is -2.24. The van der Waals surface area contributed by atoms with Gasteiger partial charge in [0.05, 0.1) is 11.3 Å². The second-order valence-corrected chi connectivity index (χ2v) is 6.63. The fourth-order valence-electron chi connectivity index (χ4n) is 2.91. The minimum absolute atomic E-state index is 0.437. The predicted octanol–water partition coefficient (Wildman–Crippen LogP) is 3.87. The molecule has 1 aliphatic rings. The molecule has 0 bridgehead atoms. The lowest BCUT2D eigenvalue weighted by Crippen LogP contribution is -2.37. The van der Waals surface area contributed by atoms with Crippen LogP contribution in [0, 0.1) is 6.92 Å². The third-order valence-electron chi connectivity index (χ3n) is 4.45. The summed E-state index contributed by atoms with van der Waals surface area (Å²) in [4.78, 5) is 14.9. The van der Waals surface area contributed by atoms with E-state index in [0.717, 1.165) is 27.6 Å². The van der Waals surface area contributed by atoms with Crippen molar-refractivity contribution in [1.29, 1.82) is 0 Å². The molecule has 0 spiro atoms. The van der Waals surface area contributed by atoms with Gasteiger partial charge in [-0.2, -0.15) is 0 Å². The van der Waals surface area contributed by atoms with Crippen LogP contribution in [-0.4, -0.2) is 33.9 Å². The van der Waals surface area contributed by atoms with Gasteiger partial charge in [0.1, 0.15) is 10.9 Å². The Morgan fingerprint density at radius 3 is 2.78 bits per heavy atom. The number of aryl methyl sites for hydroxylation is 1. The highest BCUT2D eigenvalue weighted by Gasteiger charge is 2.18. The number of rotatable bonds is 3. The summed E-state index contributed by atoms with van der Waals surface area (Å²) in [5.74, 6) is 1.15. The molecule has 1 unspecified atom stereocenters. The number of nitrogens with zero attached hydrogens (tertiary/aromatic N) is 4. The van der Waals surface area contributed by atoms with Crippen LogP contribution < -0.4 is 10.5 Å². The number of aliphatic imine (C=N–C) groups is 1. The van der Waals surface area contributed by atoms with Gasteiger partial charge in [0.15, 0.2) is 6.29 Å². The smallest absolute Gasteiger partial charge is 0.228 e. The molecule has 0 saturated carbocycles. The second kappa shape index (κ2) is 6.98. The van der Waals surface area contributed by atoms with Crippen LogP contribution in [0.4, 0.5) is 0 Å². The average molecular weight is 380 g/mol. The van der Waals surface area contributed by atoms with E-state index >= 15 is 0 Å². The van der Waals surface area contributed by atoms with Crippen molar-refractivity contribution in [3.05, 3.63) is 71.3 Å². The first-order chi connectivity index (χ1) is 13.0. The summed E-state index contributed by atoms with van der Waals surface area (Å²) in [5.41, 5.74) is 8.49. The molecular weight excluding hydrogens is 362 g/mol. The van der Waals surface area contributed by atoms with Crippen LogP contribution in [0.1, 0.15) is 11.1 Å². The fraction of sp³-hybridized carbons (Fsp3) is 0.150. The van der Waals surface area contributed by atoms with E-state index in [0.29, 0.717) is 16.8 Å². The third-order valence-corrected chi connectivity index (χ3v) is 4.75. The predicted molar refractivity (Wildman–Crippen MR) is 107 cm³/mol. The highest BCUT2D eigenvalue weighted by molar-refractivity contribution is 6.34. The van der Waals surface area contributed by atoms with E-state index in [4.69, 9.17) is 22.1 Å². The zero-order valence-corrected chi connectivity index (χ0v) is 15.7. The quantitative estimate of drug-likeness (QED) is 0.699. The molecule has 1 atom stereocenters. The normalized spacial score (nSPS) is 16.5. The standard InChI is InChI=1S/C20H18ClN5O/c1-12-5-6-14-13(7-10-23-18(14)21)17(12)27-19-15(4-3-9-24-19)16-8-11-26(2)20(22)25-16/h3-11,20H,22H2,1-2H3. The number of hydrogen-bond donors (Lipinski definition) is 1. The number of hydrogen-bond acceptors (Lipinski definition) is 6. The molecule has 27 heavy (non-hydrogen) atoms. The number of halogens is 1. The first-order valence-corrected chi connectivity index (χ1v) is 8.83. The van der Waals surface area contributed by atoms with Gasteiger partial charge in [0, 0.05) is 36.4 Å². The maximum Gasteiger partial charge on any atom is 0.228 e. The van der Waals surface area contributed by atoms with Crippen LogP contribution in [-0.2, 0) is 0 Å². The minimum atomic E-state index is -0.442. The van der Waals surface area contributed by atoms with E-state index < -0.39 is 6.29 Å². The molecule has 6 nitrogen and oxygen atoms in total. The fourth-order valence-corrected chi connectivity index (χ4v) is 3.13. The molecule has 0 aliphatic carbocycles. The average Bonchev–Trinajstić information content (AvgIpc) is 2.67. The van der Waals surface area contributed by atoms with Crippen LogP contribution in [0.15, 0.2) is 60.0 Å². The van der Waals surface area contributed by atoms with Gasteiger partial charge in [-0.25, -0.2) is 15.0 Å². The number of allylic oxidation sites excluding steroid dienone is 1. The van der Waals surface area contributed by atoms with Crippen LogP contribution in [0.3, 0.4) is 0 Å². The largest absolute Gasteiger partial charge is 0.437 e. The Morgan fingerprint density at radius 2 is 1.96 bits per heavy atom. The molecule has 0 fully saturated rings. The van der Waals surface area contributed by atoms with Crippen molar-refractivity contribution in [1.82, 2.24) is 14.9 Å². The van der Waals surface area contributed by atoms with E-state index in [1.807, 2.05) is 61.5 Å². The summed E-state index contributed by atoms with van der Waals surface area (Å²) < 4.78 is 6.26. The van der Waals surface area contributed by atoms with Gasteiger partial charge in [-0.05, 0) is 36.8 Å². The first-order valence-electron chi connectivity index (χ1n) is 8.45. The molecular formula is C20H18ClN5O. The monoisotopic (exact) mass is 379 g/mol. The lowest BCUT2D eigenvalue weighted by atomic mass is 10.1. The van der Waals surface area contributed by atoms with Crippen LogP contribution in [0.25, 0.3) is 10.8 Å². The number of ether oxygens (including phenoxy) is 1. The molecule has 0 radical (unpaired) electrons. The zero-order chi connectivity index (χ0) is 19.0. The Balaban J connectivity index is 1.81. The molecule has 1 aromatic carbocycles. The SMILES string of the molecule is Cc1ccc2c(Cl)nccc2c1Oc1ncccc1C1=NC(N)N(C)C=C1. The highest BCUT2D eigenvalue weighted by atomic mass is 35.5. The zero-order valence-electron chi connectivity index (χ0n) is 14.9. The molecule has 3 aromatic rings. The molecule has 1 aliphatic heterocycles. The number of pyridine rings is 2. The number of benzene rings is 1. The summed E-state index contributed by atoms with van der Waals surface area (Å²) in [5, 5.41) is 2.15. The Labute approximate surface area is 162 Å². The summed E-state index contributed by atoms with van der Waals surface area (Å²) in [6, 6.07) is 9.54. The topological polar surface area (TPSA) is 76.6 Å². The van der Waals surface area contributed by atoms with E-state index in [1.165, 1.54) is 0 Å². The van der Waals surface area contributed by atoms with Crippen molar-refractivity contribution in [2.75, 3.05) is 7.05 Å². The summed E-state index contributed by atoms with van der Waals surface area (Å²) in [6.45, 7) is 1.98. The Kier molecular flexibility index (Phi) is 4.51. The van der Waals surface area contributed by atoms with E-state index in [-0.39, 0.29) is 0 Å². The van der Waals surface area contributed by atoms with Gasteiger partial charge >= 0.3 is 0 Å². The number of fused-ring (bicyclic) bond motifs is 1. The summed E-state index contributed by atoms with van der Waals surface area (Å²) in [7, 11) is 1.87. The maximum atomic E-state index is 6.26. The number of nitrogens with two attached hydrogens (primary N) is 1. The van der Waals surface area contributed by atoms with Crippen molar-refractivity contribution >= 4 is 28.1 Å². The molecule has 3 heterocycles. The van der Waals surface area contributed by atoms with Gasteiger partial charge in [-0.15, -0.1) is 0 Å². The van der Waals surface area contributed by atoms with Gasteiger partial charge < -0.3 is 9.64 Å². The molecule has 2 aromatic heterocycles. The second-order valence-electron chi connectivity index (χ2n) is 6.28. The van der Waals surface area contributed by atoms with Crippen LogP contribution >= 0.6 is 11.6 Å². The van der Waals surface area contributed by atoms with E-state index in [2.05, 4.69) is 15.0 Å². The molecule has 0 amide bonds. The van der Waals surface area contributed by atoms with Gasteiger partial charge in [0.25, 0.3) is 0 Å². The third kappa shape index (κ3) is 3.25. The molecule has 0 saturated heterocycles. The molecule has 2 N–H and O–H groups in total. The highest BCUT2D eigenvalue weighted by Crippen LogP contribution is 2.36. The Morgan fingerprint density at radius 1 is 1.11 bits per heavy atom. The van der Waals surface area contributed by atoms with Gasteiger partial charge in [-0.3, -0.25) is 5.73 Å². The van der Waals surface area contributed by atoms with E-state index in [1.54, 1.807) is 12.4 Å². The van der Waals surface area contributed by atoms with Crippen LogP contribution in [0.5, 0.6) is 11.6 Å². The summed E-state index contributed by atoms with van der Waals surface area (Å²) in [6.07, 6.45) is 6.69. The van der Waals surface area contributed by atoms with Crippen molar-refractivity contribution in [2.24, 2.45) is 10.7 Å². The van der Waals surface area contributed by atoms with Gasteiger partial charge in [-0.1, -0.05) is 23.7 Å².